The second-order valence-corrected chi connectivity index (χ2v) is 10.9. The summed E-state index contributed by atoms with van der Waals surface area (Å²) in [5, 5.41) is 3.54. The van der Waals surface area contributed by atoms with Gasteiger partial charge in [-0.05, 0) is 49.8 Å². The zero-order chi connectivity index (χ0) is 22.0. The Bertz CT molecular complexity index is 1120. The Morgan fingerprint density at radius 3 is 2.45 bits per heavy atom. The second-order valence-electron chi connectivity index (χ2n) is 8.91. The summed E-state index contributed by atoms with van der Waals surface area (Å²) in [5.41, 5.74) is 0.311. The molecule has 4 rings (SSSR count). The van der Waals surface area contributed by atoms with Gasteiger partial charge in [-0.2, -0.15) is 4.31 Å². The van der Waals surface area contributed by atoms with Gasteiger partial charge in [0.1, 0.15) is 0 Å². The first kappa shape index (κ1) is 22.0. The predicted molar refractivity (Wildman–Crippen MR) is 121 cm³/mol. The van der Waals surface area contributed by atoms with E-state index in [1.54, 1.807) is 6.07 Å². The molecular weight excluding hydrogens is 414 g/mol. The van der Waals surface area contributed by atoms with Gasteiger partial charge < -0.3 is 10.3 Å². The molecule has 2 fully saturated rings. The highest BCUT2D eigenvalue weighted by molar-refractivity contribution is 7.89. The lowest BCUT2D eigenvalue weighted by atomic mass is 9.86. The molecule has 7 nitrogen and oxygen atoms in total. The van der Waals surface area contributed by atoms with E-state index in [0.29, 0.717) is 29.9 Å². The number of hydrogen-bond acceptors (Lipinski definition) is 4. The largest absolute Gasteiger partial charge is 0.349 e. The quantitative estimate of drug-likeness (QED) is 0.753. The number of sulfonamides is 1. The number of nitrogens with zero attached hydrogens (tertiary/aromatic N) is 1. The molecule has 2 N–H and O–H groups in total. The van der Waals surface area contributed by atoms with Crippen molar-refractivity contribution >= 4 is 26.8 Å². The fraction of sp³-hybridized carbons (Fsp3) is 0.565. The van der Waals surface area contributed by atoms with Gasteiger partial charge in [0, 0.05) is 36.1 Å². The summed E-state index contributed by atoms with van der Waals surface area (Å²) in [6, 6.07) is 5.97. The van der Waals surface area contributed by atoms with Crippen molar-refractivity contribution in [2.75, 3.05) is 13.1 Å². The van der Waals surface area contributed by atoms with Crippen LogP contribution in [-0.2, 0) is 10.0 Å². The SMILES string of the molecule is CC1CCCCC1NC(=O)c1cc(=O)[nH]c2ccc(S(=O)(=O)N3CCCCCC3)cc12. The predicted octanol–water partition coefficient (Wildman–Crippen LogP) is 3.40. The number of amides is 1. The lowest BCUT2D eigenvalue weighted by Gasteiger charge is -2.29. The molecule has 2 aliphatic rings. The summed E-state index contributed by atoms with van der Waals surface area (Å²) in [4.78, 5) is 28.2. The molecule has 0 spiro atoms. The van der Waals surface area contributed by atoms with Crippen LogP contribution in [0.2, 0.25) is 0 Å². The zero-order valence-electron chi connectivity index (χ0n) is 18.0. The number of H-pyrrole nitrogens is 1. The summed E-state index contributed by atoms with van der Waals surface area (Å²) in [7, 11) is -3.66. The molecule has 1 aliphatic carbocycles. The van der Waals surface area contributed by atoms with Gasteiger partial charge in [-0.3, -0.25) is 9.59 Å². The van der Waals surface area contributed by atoms with Crippen LogP contribution in [0.5, 0.6) is 0 Å². The van der Waals surface area contributed by atoms with Gasteiger partial charge in [0.25, 0.3) is 5.91 Å². The number of fused-ring (bicyclic) bond motifs is 1. The topological polar surface area (TPSA) is 99.3 Å². The van der Waals surface area contributed by atoms with Crippen LogP contribution >= 0.6 is 0 Å². The van der Waals surface area contributed by atoms with E-state index < -0.39 is 10.0 Å². The van der Waals surface area contributed by atoms with Gasteiger partial charge in [0.15, 0.2) is 0 Å². The fourth-order valence-corrected chi connectivity index (χ4v) is 6.33. The Morgan fingerprint density at radius 1 is 1.03 bits per heavy atom. The molecule has 2 aromatic rings. The molecule has 2 unspecified atom stereocenters. The molecule has 168 valence electrons. The fourth-order valence-electron chi connectivity index (χ4n) is 4.79. The molecule has 2 atom stereocenters. The van der Waals surface area contributed by atoms with E-state index in [4.69, 9.17) is 0 Å². The summed E-state index contributed by atoms with van der Waals surface area (Å²) in [6.07, 6.45) is 8.01. The first-order valence-electron chi connectivity index (χ1n) is 11.3. The van der Waals surface area contributed by atoms with E-state index in [1.165, 1.54) is 28.9 Å². The maximum atomic E-state index is 13.2. The highest BCUT2D eigenvalue weighted by atomic mass is 32.2. The number of nitrogens with one attached hydrogen (secondary N) is 2. The average molecular weight is 446 g/mol. The number of aromatic nitrogens is 1. The maximum Gasteiger partial charge on any atom is 0.252 e. The van der Waals surface area contributed by atoms with Crippen LogP contribution in [0.15, 0.2) is 34.0 Å². The van der Waals surface area contributed by atoms with E-state index in [1.807, 2.05) is 0 Å². The average Bonchev–Trinajstić information content (AvgIpc) is 3.04. The lowest BCUT2D eigenvalue weighted by molar-refractivity contribution is 0.0911. The van der Waals surface area contributed by atoms with Crippen LogP contribution in [0.25, 0.3) is 10.9 Å². The third-order valence-corrected chi connectivity index (χ3v) is 8.58. The van der Waals surface area contributed by atoms with E-state index in [2.05, 4.69) is 17.2 Å². The first-order chi connectivity index (χ1) is 14.9. The van der Waals surface area contributed by atoms with Crippen molar-refractivity contribution in [3.8, 4) is 0 Å². The second kappa shape index (κ2) is 9.12. The van der Waals surface area contributed by atoms with Gasteiger partial charge in [-0.25, -0.2) is 8.42 Å². The van der Waals surface area contributed by atoms with Gasteiger partial charge in [-0.15, -0.1) is 0 Å². The van der Waals surface area contributed by atoms with Crippen LogP contribution in [-0.4, -0.2) is 42.7 Å². The molecule has 2 heterocycles. The van der Waals surface area contributed by atoms with E-state index in [0.717, 1.165) is 44.9 Å². The lowest BCUT2D eigenvalue weighted by Crippen LogP contribution is -2.41. The van der Waals surface area contributed by atoms with Crippen molar-refractivity contribution < 1.29 is 13.2 Å². The van der Waals surface area contributed by atoms with Gasteiger partial charge in [-0.1, -0.05) is 32.6 Å². The van der Waals surface area contributed by atoms with Crippen molar-refractivity contribution in [2.45, 2.75) is 69.2 Å². The summed E-state index contributed by atoms with van der Waals surface area (Å²) in [6.45, 7) is 3.16. The Hall–Kier alpha value is -2.19. The molecule has 1 saturated carbocycles. The Morgan fingerprint density at radius 2 is 1.74 bits per heavy atom. The molecule has 1 saturated heterocycles. The van der Waals surface area contributed by atoms with E-state index in [9.17, 15) is 18.0 Å². The third kappa shape index (κ3) is 4.70. The van der Waals surface area contributed by atoms with Crippen LogP contribution in [0.1, 0.15) is 68.6 Å². The van der Waals surface area contributed by atoms with Crippen molar-refractivity contribution in [3.63, 3.8) is 0 Å². The van der Waals surface area contributed by atoms with E-state index >= 15 is 0 Å². The smallest absolute Gasteiger partial charge is 0.252 e. The summed E-state index contributed by atoms with van der Waals surface area (Å²) in [5.74, 6) is 0.0594. The van der Waals surface area contributed by atoms with Crippen LogP contribution in [0.4, 0.5) is 0 Å². The van der Waals surface area contributed by atoms with E-state index in [-0.39, 0.29) is 28.0 Å². The standard InChI is InChI=1S/C23H31N3O4S/c1-16-8-4-5-9-20(16)25-23(28)19-15-22(27)24-21-11-10-17(14-18(19)21)31(29,30)26-12-6-2-3-7-13-26/h10-11,14-16,20H,2-9,12-13H2,1H3,(H,24,27)(H,25,28). The number of benzene rings is 1. The molecule has 0 radical (unpaired) electrons. The number of carbonyl (C=O) groups excluding carboxylic acids is 1. The number of aromatic amines is 1. The van der Waals surface area contributed by atoms with Crippen molar-refractivity contribution in [2.24, 2.45) is 5.92 Å². The number of rotatable bonds is 4. The molecular formula is C23H31N3O4S. The molecule has 1 aromatic carbocycles. The normalized spacial score (nSPS) is 23.4. The highest BCUT2D eigenvalue weighted by Crippen LogP contribution is 2.27. The molecule has 1 amide bonds. The van der Waals surface area contributed by atoms with Crippen LogP contribution in [0, 0.1) is 5.92 Å². The van der Waals surface area contributed by atoms with Crippen LogP contribution in [0.3, 0.4) is 0 Å². The van der Waals surface area contributed by atoms with Crippen molar-refractivity contribution in [1.29, 1.82) is 0 Å². The highest BCUT2D eigenvalue weighted by Gasteiger charge is 2.27. The van der Waals surface area contributed by atoms with Gasteiger partial charge in [0.2, 0.25) is 15.6 Å². The summed E-state index contributed by atoms with van der Waals surface area (Å²) >= 11 is 0. The minimum Gasteiger partial charge on any atom is -0.349 e. The van der Waals surface area contributed by atoms with Gasteiger partial charge >= 0.3 is 0 Å². The monoisotopic (exact) mass is 445 g/mol. The Balaban J connectivity index is 1.70. The van der Waals surface area contributed by atoms with Crippen molar-refractivity contribution in [1.82, 2.24) is 14.6 Å². The molecule has 1 aliphatic heterocycles. The molecule has 31 heavy (non-hydrogen) atoms. The number of carbonyl (C=O) groups is 1. The number of hydrogen-bond donors (Lipinski definition) is 2. The minimum absolute atomic E-state index is 0.0691. The first-order valence-corrected chi connectivity index (χ1v) is 12.8. The van der Waals surface area contributed by atoms with Crippen LogP contribution < -0.4 is 10.9 Å². The minimum atomic E-state index is -3.66. The number of pyridine rings is 1. The molecule has 8 heteroatoms. The molecule has 1 aromatic heterocycles. The maximum absolute atomic E-state index is 13.2. The van der Waals surface area contributed by atoms with Gasteiger partial charge in [0.05, 0.1) is 10.5 Å². The van der Waals surface area contributed by atoms with Crippen molar-refractivity contribution in [3.05, 3.63) is 40.2 Å². The Kier molecular flexibility index (Phi) is 6.48. The third-order valence-electron chi connectivity index (χ3n) is 6.69. The molecule has 0 bridgehead atoms. The summed E-state index contributed by atoms with van der Waals surface area (Å²) < 4.78 is 28.0. The zero-order valence-corrected chi connectivity index (χ0v) is 18.8. The Labute approximate surface area is 183 Å².